The van der Waals surface area contributed by atoms with Gasteiger partial charge in [0.2, 0.25) is 17.7 Å². The second-order valence-corrected chi connectivity index (χ2v) is 10.3. The lowest BCUT2D eigenvalue weighted by atomic mass is 9.94. The van der Waals surface area contributed by atoms with Gasteiger partial charge in [0.1, 0.15) is 11.9 Å². The Hall–Kier alpha value is -4.00. The van der Waals surface area contributed by atoms with Crippen LogP contribution in [0.1, 0.15) is 74.1 Å². The number of nitrogens with one attached hydrogen (secondary N) is 2. The van der Waals surface area contributed by atoms with Crippen LogP contribution in [0.3, 0.4) is 0 Å². The lowest BCUT2D eigenvalue weighted by Crippen LogP contribution is -2.47. The third kappa shape index (κ3) is 7.76. The van der Waals surface area contributed by atoms with Crippen molar-refractivity contribution in [2.45, 2.75) is 77.3 Å². The first-order valence-corrected chi connectivity index (χ1v) is 13.9. The molecule has 1 unspecified atom stereocenters. The van der Waals surface area contributed by atoms with Crippen LogP contribution in [0, 0.1) is 13.8 Å². The maximum Gasteiger partial charge on any atom is 0.248 e. The van der Waals surface area contributed by atoms with E-state index in [9.17, 15) is 14.4 Å². The molecule has 1 heterocycles. The van der Waals surface area contributed by atoms with E-state index in [-0.39, 0.29) is 36.6 Å². The summed E-state index contributed by atoms with van der Waals surface area (Å²) in [6.45, 7) is 3.95. The average molecular weight is 527 g/mol. The van der Waals surface area contributed by atoms with Gasteiger partial charge in [-0.25, -0.2) is 4.98 Å². The van der Waals surface area contributed by atoms with Crippen LogP contribution in [0.25, 0.3) is 0 Å². The Bertz CT molecular complexity index is 1250. The van der Waals surface area contributed by atoms with E-state index >= 15 is 0 Å². The van der Waals surface area contributed by atoms with E-state index in [2.05, 4.69) is 15.6 Å². The Kier molecular flexibility index (Phi) is 9.84. The molecule has 1 aromatic heterocycles. The molecule has 0 saturated heterocycles. The fourth-order valence-electron chi connectivity index (χ4n) is 5.11. The van der Waals surface area contributed by atoms with Crippen LogP contribution < -0.4 is 15.5 Å². The first-order valence-electron chi connectivity index (χ1n) is 13.9. The number of benzene rings is 2. The number of amides is 3. The zero-order valence-electron chi connectivity index (χ0n) is 22.9. The molecular formula is C32H38N4O3. The molecule has 1 atom stereocenters. The van der Waals surface area contributed by atoms with E-state index in [1.54, 1.807) is 29.3 Å². The van der Waals surface area contributed by atoms with Gasteiger partial charge in [-0.15, -0.1) is 0 Å². The monoisotopic (exact) mass is 526 g/mol. The molecule has 2 N–H and O–H groups in total. The van der Waals surface area contributed by atoms with Gasteiger partial charge >= 0.3 is 0 Å². The van der Waals surface area contributed by atoms with Gasteiger partial charge in [-0.3, -0.25) is 19.3 Å². The largest absolute Gasteiger partial charge is 0.351 e. The number of nitrogens with zero attached hydrogens (tertiary/aromatic N) is 2. The molecular weight excluding hydrogens is 488 g/mol. The molecule has 1 fully saturated rings. The molecule has 39 heavy (non-hydrogen) atoms. The number of para-hydroxylation sites is 1. The van der Waals surface area contributed by atoms with Gasteiger partial charge in [0.05, 0.1) is 0 Å². The first kappa shape index (κ1) is 28.0. The number of hydrogen-bond acceptors (Lipinski definition) is 4. The highest BCUT2D eigenvalue weighted by atomic mass is 16.2. The minimum absolute atomic E-state index is 0.114. The number of aryl methyl sites for hydroxylation is 2. The number of aromatic nitrogens is 1. The lowest BCUT2D eigenvalue weighted by Gasteiger charge is -2.34. The van der Waals surface area contributed by atoms with E-state index in [0.29, 0.717) is 17.9 Å². The number of rotatable bonds is 10. The van der Waals surface area contributed by atoms with E-state index in [4.69, 9.17) is 0 Å². The Morgan fingerprint density at radius 3 is 2.31 bits per heavy atom. The van der Waals surface area contributed by atoms with Gasteiger partial charge in [-0.2, -0.15) is 0 Å². The van der Waals surface area contributed by atoms with E-state index < -0.39 is 6.04 Å². The summed E-state index contributed by atoms with van der Waals surface area (Å²) in [5, 5.41) is 6.02. The molecule has 0 bridgehead atoms. The third-order valence-electron chi connectivity index (χ3n) is 7.22. The molecule has 1 saturated carbocycles. The van der Waals surface area contributed by atoms with Crippen LogP contribution in [-0.4, -0.2) is 28.7 Å². The van der Waals surface area contributed by atoms with Crippen molar-refractivity contribution in [1.82, 2.24) is 10.3 Å². The van der Waals surface area contributed by atoms with Gasteiger partial charge in [0.25, 0.3) is 0 Å². The second-order valence-electron chi connectivity index (χ2n) is 10.3. The average Bonchev–Trinajstić information content (AvgIpc) is 2.94. The zero-order chi connectivity index (χ0) is 27.6. The molecule has 0 radical (unpaired) electrons. The Morgan fingerprint density at radius 1 is 0.897 bits per heavy atom. The molecule has 3 amide bonds. The second kappa shape index (κ2) is 13.7. The van der Waals surface area contributed by atoms with E-state index in [1.807, 2.05) is 62.4 Å². The number of carbonyl (C=O) groups is 3. The summed E-state index contributed by atoms with van der Waals surface area (Å²) in [7, 11) is 0. The third-order valence-corrected chi connectivity index (χ3v) is 7.22. The minimum Gasteiger partial charge on any atom is -0.351 e. The van der Waals surface area contributed by atoms with Crippen molar-refractivity contribution >= 4 is 29.2 Å². The molecule has 7 heteroatoms. The fraction of sp³-hybridized carbons (Fsp3) is 0.375. The van der Waals surface area contributed by atoms with Crippen LogP contribution in [0.5, 0.6) is 0 Å². The predicted molar refractivity (Wildman–Crippen MR) is 154 cm³/mol. The molecule has 7 nitrogen and oxygen atoms in total. The lowest BCUT2D eigenvalue weighted by molar-refractivity contribution is -0.127. The number of hydrogen-bond donors (Lipinski definition) is 2. The number of pyridine rings is 1. The summed E-state index contributed by atoms with van der Waals surface area (Å²) in [6, 6.07) is 20.0. The molecule has 4 rings (SSSR count). The summed E-state index contributed by atoms with van der Waals surface area (Å²) in [6.07, 6.45) is 7.56. The van der Waals surface area contributed by atoms with Gasteiger partial charge in [-0.1, -0.05) is 73.4 Å². The normalized spacial score (nSPS) is 14.3. The van der Waals surface area contributed by atoms with Gasteiger partial charge in [-0.05, 0) is 62.4 Å². The molecule has 0 spiro atoms. The van der Waals surface area contributed by atoms with Crippen LogP contribution in [0.15, 0.2) is 72.9 Å². The highest BCUT2D eigenvalue weighted by Gasteiger charge is 2.34. The Morgan fingerprint density at radius 2 is 1.62 bits per heavy atom. The van der Waals surface area contributed by atoms with Crippen molar-refractivity contribution in [2.24, 2.45) is 0 Å². The predicted octanol–water partition coefficient (Wildman–Crippen LogP) is 6.03. The molecule has 204 valence electrons. The first-order chi connectivity index (χ1) is 18.9. The van der Waals surface area contributed by atoms with Gasteiger partial charge in [0, 0.05) is 30.8 Å². The molecule has 1 aliphatic rings. The smallest absolute Gasteiger partial charge is 0.248 e. The van der Waals surface area contributed by atoms with Crippen LogP contribution in [0.2, 0.25) is 0 Å². The maximum absolute atomic E-state index is 13.9. The number of anilines is 2. The van der Waals surface area contributed by atoms with Crippen molar-refractivity contribution in [3.63, 3.8) is 0 Å². The Labute approximate surface area is 231 Å². The van der Waals surface area contributed by atoms with Crippen molar-refractivity contribution in [1.29, 1.82) is 0 Å². The number of carbonyl (C=O) groups excluding carboxylic acids is 3. The van der Waals surface area contributed by atoms with Crippen LogP contribution in [-0.2, 0) is 14.4 Å². The fourth-order valence-corrected chi connectivity index (χ4v) is 5.11. The SMILES string of the molecule is Cc1ccc(C(C(=O)NC2CCCCC2)N(C(=O)CCCC(=O)Nc2ccccn2)c2ccccc2C)cc1. The summed E-state index contributed by atoms with van der Waals surface area (Å²) >= 11 is 0. The van der Waals surface area contributed by atoms with Crippen LogP contribution in [0.4, 0.5) is 11.5 Å². The summed E-state index contributed by atoms with van der Waals surface area (Å²) in [4.78, 5) is 46.1. The van der Waals surface area contributed by atoms with Crippen molar-refractivity contribution in [3.05, 3.63) is 89.6 Å². The molecule has 1 aliphatic carbocycles. The standard InChI is InChI=1S/C32H38N4O3/c1-23-18-20-25(21-19-23)31(32(39)34-26-12-4-3-5-13-26)36(27-14-7-6-11-24(27)2)30(38)17-10-16-29(37)35-28-15-8-9-22-33-28/h6-9,11,14-15,18-22,26,31H,3-5,10,12-13,16-17H2,1-2H3,(H,34,39)(H,33,35,37). The van der Waals surface area contributed by atoms with Crippen molar-refractivity contribution < 1.29 is 14.4 Å². The molecule has 2 aromatic carbocycles. The van der Waals surface area contributed by atoms with E-state index in [1.165, 1.54) is 6.42 Å². The van der Waals surface area contributed by atoms with Gasteiger partial charge < -0.3 is 10.6 Å². The van der Waals surface area contributed by atoms with Crippen molar-refractivity contribution in [2.75, 3.05) is 10.2 Å². The highest BCUT2D eigenvalue weighted by Crippen LogP contribution is 2.32. The Balaban J connectivity index is 1.58. The minimum atomic E-state index is -0.816. The summed E-state index contributed by atoms with van der Waals surface area (Å²) in [5.74, 6) is -0.0854. The van der Waals surface area contributed by atoms with Crippen molar-refractivity contribution in [3.8, 4) is 0 Å². The molecule has 3 aromatic rings. The van der Waals surface area contributed by atoms with Crippen LogP contribution >= 0.6 is 0 Å². The van der Waals surface area contributed by atoms with E-state index in [0.717, 1.165) is 42.4 Å². The topological polar surface area (TPSA) is 91.4 Å². The van der Waals surface area contributed by atoms with Gasteiger partial charge in [0.15, 0.2) is 0 Å². The maximum atomic E-state index is 13.9. The summed E-state index contributed by atoms with van der Waals surface area (Å²) in [5.41, 5.74) is 3.45. The summed E-state index contributed by atoms with van der Waals surface area (Å²) < 4.78 is 0. The quantitative estimate of drug-likeness (QED) is 0.337. The zero-order valence-corrected chi connectivity index (χ0v) is 22.9. The molecule has 0 aliphatic heterocycles. The highest BCUT2D eigenvalue weighted by molar-refractivity contribution is 6.02.